The molecule has 0 aromatic heterocycles. The molecule has 0 radical (unpaired) electrons. The molecule has 2 aromatic carbocycles. The van der Waals surface area contributed by atoms with Crippen LogP contribution in [0.4, 0.5) is 13.6 Å². The number of rotatable bonds is 6. The van der Waals surface area contributed by atoms with Crippen LogP contribution in [0.25, 0.3) is 0 Å². The molecule has 7 heteroatoms. The summed E-state index contributed by atoms with van der Waals surface area (Å²) in [6.45, 7) is 6.33. The molecule has 1 fully saturated rings. The lowest BCUT2D eigenvalue weighted by Gasteiger charge is -2.45. The minimum Gasteiger partial charge on any atom is -0.465 e. The number of alkyl halides is 2. The number of amides is 1. The van der Waals surface area contributed by atoms with Gasteiger partial charge in [-0.05, 0) is 28.3 Å². The fourth-order valence-electron chi connectivity index (χ4n) is 4.60. The minimum absolute atomic E-state index is 0.0762. The molecule has 0 aliphatic heterocycles. The SMILES string of the molecule is CC(C)(C)[Si](O[C@@H]1C[C@H](C(F)F)C[C@H]1NC(=O)O)(c1ccccc1)c1ccccc1. The molecular weight excluding hydrogens is 404 g/mol. The average molecular weight is 434 g/mol. The first-order valence-corrected chi connectivity index (χ1v) is 12.1. The maximum Gasteiger partial charge on any atom is 0.404 e. The summed E-state index contributed by atoms with van der Waals surface area (Å²) in [6, 6.07) is 19.2. The third kappa shape index (κ3) is 4.42. The second-order valence-corrected chi connectivity index (χ2v) is 13.2. The zero-order valence-electron chi connectivity index (χ0n) is 17.5. The molecule has 0 spiro atoms. The molecule has 1 aliphatic rings. The molecule has 1 aliphatic carbocycles. The Labute approximate surface area is 177 Å². The second kappa shape index (κ2) is 8.86. The van der Waals surface area contributed by atoms with E-state index >= 15 is 0 Å². The van der Waals surface area contributed by atoms with E-state index in [1.807, 2.05) is 60.7 Å². The first-order chi connectivity index (χ1) is 14.1. The lowest BCUT2D eigenvalue weighted by Crippen LogP contribution is -2.68. The third-order valence-corrected chi connectivity index (χ3v) is 11.0. The van der Waals surface area contributed by atoms with E-state index in [1.54, 1.807) is 0 Å². The molecule has 0 heterocycles. The Morgan fingerprint density at radius 1 is 1.03 bits per heavy atom. The Balaban J connectivity index is 2.11. The summed E-state index contributed by atoms with van der Waals surface area (Å²) >= 11 is 0. The highest BCUT2D eigenvalue weighted by atomic mass is 28.4. The van der Waals surface area contributed by atoms with Crippen molar-refractivity contribution in [3.05, 3.63) is 60.7 Å². The van der Waals surface area contributed by atoms with Gasteiger partial charge < -0.3 is 14.8 Å². The summed E-state index contributed by atoms with van der Waals surface area (Å²) in [5, 5.41) is 13.5. The molecule has 0 unspecified atom stereocenters. The molecule has 2 N–H and O–H groups in total. The summed E-state index contributed by atoms with van der Waals surface area (Å²) in [7, 11) is -2.95. The highest BCUT2D eigenvalue weighted by Gasteiger charge is 2.54. The van der Waals surface area contributed by atoms with Gasteiger partial charge in [-0.25, -0.2) is 13.6 Å². The van der Waals surface area contributed by atoms with Crippen LogP contribution in [0.3, 0.4) is 0 Å². The highest BCUT2D eigenvalue weighted by Crippen LogP contribution is 2.41. The summed E-state index contributed by atoms with van der Waals surface area (Å²) in [6.07, 6.45) is -4.13. The van der Waals surface area contributed by atoms with Crippen molar-refractivity contribution in [3.8, 4) is 0 Å². The molecule has 3 atom stereocenters. The largest absolute Gasteiger partial charge is 0.465 e. The topological polar surface area (TPSA) is 58.6 Å². The summed E-state index contributed by atoms with van der Waals surface area (Å²) < 4.78 is 33.9. The number of halogens is 2. The third-order valence-electron chi connectivity index (χ3n) is 5.95. The fraction of sp³-hybridized carbons (Fsp3) is 0.435. The minimum atomic E-state index is -2.95. The number of benzene rings is 2. The van der Waals surface area contributed by atoms with Crippen LogP contribution in [0, 0.1) is 5.92 Å². The Morgan fingerprint density at radius 2 is 1.53 bits per heavy atom. The molecule has 4 nitrogen and oxygen atoms in total. The quantitative estimate of drug-likeness (QED) is 0.670. The molecule has 0 saturated heterocycles. The number of nitrogens with one attached hydrogen (secondary N) is 1. The molecule has 30 heavy (non-hydrogen) atoms. The molecular formula is C23H29F2NO3Si. The van der Waals surface area contributed by atoms with Crippen molar-refractivity contribution in [1.82, 2.24) is 5.32 Å². The van der Waals surface area contributed by atoms with Gasteiger partial charge in [-0.3, -0.25) is 0 Å². The number of carbonyl (C=O) groups is 1. The first-order valence-electron chi connectivity index (χ1n) is 10.2. The molecule has 1 saturated carbocycles. The summed E-state index contributed by atoms with van der Waals surface area (Å²) in [5.74, 6) is -0.884. The predicted molar refractivity (Wildman–Crippen MR) is 116 cm³/mol. The van der Waals surface area contributed by atoms with E-state index in [4.69, 9.17) is 4.43 Å². The van der Waals surface area contributed by atoms with Crippen molar-refractivity contribution in [2.75, 3.05) is 0 Å². The number of hydrogen-bond donors (Lipinski definition) is 2. The lowest BCUT2D eigenvalue weighted by atomic mass is 10.1. The first kappa shape index (κ1) is 22.4. The molecule has 0 bridgehead atoms. The average Bonchev–Trinajstić information content (AvgIpc) is 3.08. The van der Waals surface area contributed by atoms with Crippen LogP contribution in [0.2, 0.25) is 5.04 Å². The standard InChI is InChI=1S/C23H29F2NO3Si/c1-23(2,3)30(17-10-6-4-7-11-17,18-12-8-5-9-13-18)29-20-15-16(21(24)25)14-19(20)26-22(27)28/h4-13,16,19-21,26H,14-15H2,1-3H3,(H,27,28)/t16-,19-,20-/m1/s1. The Hall–Kier alpha value is -2.25. The van der Waals surface area contributed by atoms with Crippen LogP contribution >= 0.6 is 0 Å². The molecule has 3 rings (SSSR count). The Bertz CT molecular complexity index is 803. The van der Waals surface area contributed by atoms with E-state index < -0.39 is 38.9 Å². The van der Waals surface area contributed by atoms with Crippen molar-refractivity contribution < 1.29 is 23.1 Å². The van der Waals surface area contributed by atoms with E-state index in [2.05, 4.69) is 26.1 Å². The van der Waals surface area contributed by atoms with Crippen LogP contribution in [0.5, 0.6) is 0 Å². The second-order valence-electron chi connectivity index (χ2n) is 8.94. The zero-order valence-corrected chi connectivity index (χ0v) is 18.5. The highest BCUT2D eigenvalue weighted by molar-refractivity contribution is 6.99. The fourth-order valence-corrected chi connectivity index (χ4v) is 9.33. The van der Waals surface area contributed by atoms with Gasteiger partial charge in [0, 0.05) is 5.92 Å². The Morgan fingerprint density at radius 3 is 1.93 bits per heavy atom. The van der Waals surface area contributed by atoms with E-state index in [0.717, 1.165) is 10.4 Å². The van der Waals surface area contributed by atoms with Gasteiger partial charge in [0.2, 0.25) is 6.43 Å². The smallest absolute Gasteiger partial charge is 0.404 e. The van der Waals surface area contributed by atoms with Gasteiger partial charge in [-0.15, -0.1) is 0 Å². The van der Waals surface area contributed by atoms with Gasteiger partial charge in [0.1, 0.15) is 0 Å². The van der Waals surface area contributed by atoms with Crippen LogP contribution in [-0.2, 0) is 4.43 Å². The van der Waals surface area contributed by atoms with Gasteiger partial charge in [-0.2, -0.15) is 0 Å². The van der Waals surface area contributed by atoms with E-state index in [1.165, 1.54) is 0 Å². The van der Waals surface area contributed by atoms with Crippen molar-refractivity contribution in [2.24, 2.45) is 5.92 Å². The van der Waals surface area contributed by atoms with Crippen LogP contribution < -0.4 is 15.7 Å². The normalized spacial score (nSPS) is 22.3. The van der Waals surface area contributed by atoms with Crippen molar-refractivity contribution in [3.63, 3.8) is 0 Å². The van der Waals surface area contributed by atoms with Crippen molar-refractivity contribution in [2.45, 2.75) is 57.2 Å². The van der Waals surface area contributed by atoms with Crippen LogP contribution in [-0.4, -0.2) is 38.1 Å². The lowest BCUT2D eigenvalue weighted by molar-refractivity contribution is 0.0719. The van der Waals surface area contributed by atoms with Crippen LogP contribution in [0.1, 0.15) is 33.6 Å². The van der Waals surface area contributed by atoms with Crippen molar-refractivity contribution >= 4 is 24.8 Å². The van der Waals surface area contributed by atoms with E-state index in [9.17, 15) is 18.7 Å². The summed E-state index contributed by atoms with van der Waals surface area (Å²) in [5.41, 5.74) is 0. The van der Waals surface area contributed by atoms with Gasteiger partial charge >= 0.3 is 6.09 Å². The number of hydrogen-bond acceptors (Lipinski definition) is 2. The molecule has 1 amide bonds. The van der Waals surface area contributed by atoms with Gasteiger partial charge in [-0.1, -0.05) is 81.4 Å². The van der Waals surface area contributed by atoms with Gasteiger partial charge in [0.15, 0.2) is 0 Å². The van der Waals surface area contributed by atoms with Gasteiger partial charge in [0.25, 0.3) is 8.32 Å². The van der Waals surface area contributed by atoms with E-state index in [0.29, 0.717) is 0 Å². The number of carboxylic acid groups (broad SMARTS) is 1. The monoisotopic (exact) mass is 433 g/mol. The zero-order chi connectivity index (χ0) is 21.9. The maximum absolute atomic E-state index is 13.5. The summed E-state index contributed by atoms with van der Waals surface area (Å²) in [4.78, 5) is 11.3. The Kier molecular flexibility index (Phi) is 6.62. The van der Waals surface area contributed by atoms with Gasteiger partial charge in [0.05, 0.1) is 12.1 Å². The van der Waals surface area contributed by atoms with Crippen molar-refractivity contribution in [1.29, 1.82) is 0 Å². The van der Waals surface area contributed by atoms with E-state index in [-0.39, 0.29) is 17.9 Å². The molecule has 162 valence electrons. The predicted octanol–water partition coefficient (Wildman–Crippen LogP) is 4.24. The maximum atomic E-state index is 13.5. The molecule has 2 aromatic rings. The van der Waals surface area contributed by atoms with Crippen LogP contribution in [0.15, 0.2) is 60.7 Å².